The number of thioether (sulfide) groups is 1. The van der Waals surface area contributed by atoms with Gasteiger partial charge in [0.25, 0.3) is 0 Å². The molecular formula is C15H27NO2S. The number of likely N-dealkylation sites (N-methyl/N-ethyl adjacent to an activating group) is 1. The van der Waals surface area contributed by atoms with Gasteiger partial charge in [0, 0.05) is 11.0 Å². The highest BCUT2D eigenvalue weighted by Gasteiger charge is 2.51. The van der Waals surface area contributed by atoms with Crippen molar-refractivity contribution in [2.24, 2.45) is 5.92 Å². The molecule has 2 aliphatic rings. The molecule has 0 aromatic heterocycles. The van der Waals surface area contributed by atoms with Gasteiger partial charge in [-0.15, -0.1) is 0 Å². The molecule has 0 aromatic carbocycles. The number of ether oxygens (including phenoxy) is 1. The molecule has 1 unspecified atom stereocenters. The summed E-state index contributed by atoms with van der Waals surface area (Å²) in [5.74, 6) is 1.35. The third-order valence-electron chi connectivity index (χ3n) is 4.26. The van der Waals surface area contributed by atoms with Gasteiger partial charge in [0.1, 0.15) is 5.54 Å². The molecule has 0 amide bonds. The van der Waals surface area contributed by atoms with Crippen LogP contribution >= 0.6 is 11.8 Å². The van der Waals surface area contributed by atoms with E-state index in [9.17, 15) is 4.79 Å². The average Bonchev–Trinajstić information content (AvgIpc) is 3.12. The Balaban J connectivity index is 2.00. The first-order valence-electron chi connectivity index (χ1n) is 7.76. The Hall–Kier alpha value is -0.220. The molecule has 0 aliphatic heterocycles. The van der Waals surface area contributed by atoms with Gasteiger partial charge in [0.15, 0.2) is 0 Å². The van der Waals surface area contributed by atoms with Gasteiger partial charge < -0.3 is 10.1 Å². The first-order chi connectivity index (χ1) is 9.23. The van der Waals surface area contributed by atoms with Crippen LogP contribution in [0.15, 0.2) is 0 Å². The molecule has 2 saturated carbocycles. The summed E-state index contributed by atoms with van der Waals surface area (Å²) >= 11 is 1.99. The maximum atomic E-state index is 12.4. The minimum absolute atomic E-state index is 0.0233. The minimum atomic E-state index is -0.419. The smallest absolute Gasteiger partial charge is 0.327 e. The highest BCUT2D eigenvalue weighted by molar-refractivity contribution is 8.00. The van der Waals surface area contributed by atoms with Crippen molar-refractivity contribution in [3.05, 3.63) is 0 Å². The van der Waals surface area contributed by atoms with Crippen LogP contribution in [0.25, 0.3) is 0 Å². The number of carbonyl (C=O) groups excluding carboxylic acids is 1. The third-order valence-corrected chi connectivity index (χ3v) is 5.82. The number of rotatable bonds is 8. The molecule has 0 aromatic rings. The van der Waals surface area contributed by atoms with Crippen LogP contribution in [0.2, 0.25) is 0 Å². The lowest BCUT2D eigenvalue weighted by Crippen LogP contribution is -2.57. The highest BCUT2D eigenvalue weighted by atomic mass is 32.2. The fraction of sp³-hybridized carbons (Fsp3) is 0.933. The summed E-state index contributed by atoms with van der Waals surface area (Å²) in [6.07, 6.45) is 7.68. The summed E-state index contributed by atoms with van der Waals surface area (Å²) in [5, 5.41) is 4.23. The van der Waals surface area contributed by atoms with Crippen LogP contribution in [-0.4, -0.2) is 35.7 Å². The molecule has 110 valence electrons. The third kappa shape index (κ3) is 3.66. The Morgan fingerprint density at radius 2 is 1.95 bits per heavy atom. The molecule has 0 radical (unpaired) electrons. The molecule has 2 aliphatic carbocycles. The van der Waals surface area contributed by atoms with Crippen molar-refractivity contribution in [3.63, 3.8) is 0 Å². The van der Waals surface area contributed by atoms with E-state index >= 15 is 0 Å². The van der Waals surface area contributed by atoms with E-state index in [0.29, 0.717) is 12.5 Å². The lowest BCUT2D eigenvalue weighted by Gasteiger charge is -2.33. The molecule has 19 heavy (non-hydrogen) atoms. The largest absolute Gasteiger partial charge is 0.465 e. The zero-order chi connectivity index (χ0) is 13.7. The van der Waals surface area contributed by atoms with Gasteiger partial charge in [-0.25, -0.2) is 0 Å². The SMILES string of the molecule is CCNC(CSC1CCCC1)(C(=O)OCC)C1CC1. The van der Waals surface area contributed by atoms with Crippen molar-refractivity contribution >= 4 is 17.7 Å². The normalized spacial score (nSPS) is 23.3. The molecule has 1 N–H and O–H groups in total. The maximum absolute atomic E-state index is 12.4. The van der Waals surface area contributed by atoms with Gasteiger partial charge in [0.2, 0.25) is 0 Å². The maximum Gasteiger partial charge on any atom is 0.327 e. The number of hydrogen-bond acceptors (Lipinski definition) is 4. The second-order valence-electron chi connectivity index (χ2n) is 5.71. The molecule has 2 fully saturated rings. The Morgan fingerprint density at radius 3 is 2.47 bits per heavy atom. The van der Waals surface area contributed by atoms with Crippen molar-refractivity contribution in [1.82, 2.24) is 5.32 Å². The van der Waals surface area contributed by atoms with Gasteiger partial charge in [-0.1, -0.05) is 19.8 Å². The lowest BCUT2D eigenvalue weighted by molar-refractivity contribution is -0.151. The molecular weight excluding hydrogens is 258 g/mol. The van der Waals surface area contributed by atoms with E-state index in [0.717, 1.165) is 30.4 Å². The monoisotopic (exact) mass is 285 g/mol. The summed E-state index contributed by atoms with van der Waals surface area (Å²) < 4.78 is 5.36. The first kappa shape index (κ1) is 15.2. The van der Waals surface area contributed by atoms with Crippen LogP contribution in [0.4, 0.5) is 0 Å². The zero-order valence-corrected chi connectivity index (χ0v) is 13.1. The predicted molar refractivity (Wildman–Crippen MR) is 80.5 cm³/mol. The molecule has 0 saturated heterocycles. The van der Waals surface area contributed by atoms with Gasteiger partial charge in [-0.05, 0) is 45.1 Å². The standard InChI is InChI=1S/C15H27NO2S/c1-3-16-15(12-9-10-12,14(17)18-4-2)11-19-13-7-5-6-8-13/h12-13,16H,3-11H2,1-2H3. The minimum Gasteiger partial charge on any atom is -0.465 e. The number of hydrogen-bond donors (Lipinski definition) is 1. The Morgan fingerprint density at radius 1 is 1.26 bits per heavy atom. The molecule has 0 heterocycles. The van der Waals surface area contributed by atoms with E-state index in [2.05, 4.69) is 12.2 Å². The summed E-state index contributed by atoms with van der Waals surface area (Å²) in [4.78, 5) is 12.4. The van der Waals surface area contributed by atoms with Crippen LogP contribution in [0, 0.1) is 5.92 Å². The van der Waals surface area contributed by atoms with E-state index in [1.165, 1.54) is 25.7 Å². The quantitative estimate of drug-likeness (QED) is 0.696. The second kappa shape index (κ2) is 6.98. The van der Waals surface area contributed by atoms with Crippen LogP contribution in [0.3, 0.4) is 0 Å². The van der Waals surface area contributed by atoms with Crippen LogP contribution in [0.1, 0.15) is 52.4 Å². The first-order valence-corrected chi connectivity index (χ1v) is 8.81. The van der Waals surface area contributed by atoms with E-state index in [1.807, 2.05) is 18.7 Å². The van der Waals surface area contributed by atoms with Crippen molar-refractivity contribution in [2.75, 3.05) is 18.9 Å². The van der Waals surface area contributed by atoms with Gasteiger partial charge in [-0.3, -0.25) is 4.79 Å². The summed E-state index contributed by atoms with van der Waals surface area (Å²) in [7, 11) is 0. The predicted octanol–water partition coefficient (Wildman–Crippen LogP) is 2.98. The van der Waals surface area contributed by atoms with Crippen molar-refractivity contribution in [3.8, 4) is 0 Å². The van der Waals surface area contributed by atoms with Gasteiger partial charge in [0.05, 0.1) is 6.61 Å². The highest BCUT2D eigenvalue weighted by Crippen LogP contribution is 2.44. The molecule has 0 spiro atoms. The molecule has 4 heteroatoms. The van der Waals surface area contributed by atoms with Crippen LogP contribution in [0.5, 0.6) is 0 Å². The summed E-state index contributed by atoms with van der Waals surface area (Å²) in [6, 6.07) is 0. The molecule has 0 bridgehead atoms. The Bertz CT molecular complexity index is 301. The number of nitrogens with one attached hydrogen (secondary N) is 1. The summed E-state index contributed by atoms with van der Waals surface area (Å²) in [6.45, 7) is 5.29. The van der Waals surface area contributed by atoms with E-state index in [-0.39, 0.29) is 5.97 Å². The summed E-state index contributed by atoms with van der Waals surface area (Å²) in [5.41, 5.74) is -0.419. The lowest BCUT2D eigenvalue weighted by atomic mass is 9.95. The van der Waals surface area contributed by atoms with E-state index in [4.69, 9.17) is 4.74 Å². The van der Waals surface area contributed by atoms with E-state index < -0.39 is 5.54 Å². The molecule has 1 atom stereocenters. The van der Waals surface area contributed by atoms with Gasteiger partial charge in [-0.2, -0.15) is 11.8 Å². The van der Waals surface area contributed by atoms with Crippen LogP contribution < -0.4 is 5.32 Å². The van der Waals surface area contributed by atoms with E-state index in [1.54, 1.807) is 0 Å². The molecule has 2 rings (SSSR count). The Labute approximate surface area is 121 Å². The topological polar surface area (TPSA) is 38.3 Å². The number of esters is 1. The average molecular weight is 285 g/mol. The fourth-order valence-corrected chi connectivity index (χ4v) is 4.69. The number of carbonyl (C=O) groups is 1. The fourth-order valence-electron chi connectivity index (χ4n) is 3.07. The zero-order valence-electron chi connectivity index (χ0n) is 12.2. The van der Waals surface area contributed by atoms with Crippen molar-refractivity contribution < 1.29 is 9.53 Å². The van der Waals surface area contributed by atoms with Crippen LogP contribution in [-0.2, 0) is 9.53 Å². The van der Waals surface area contributed by atoms with Crippen molar-refractivity contribution in [2.45, 2.75) is 63.2 Å². The Kier molecular flexibility index (Phi) is 5.58. The molecule has 3 nitrogen and oxygen atoms in total. The second-order valence-corrected chi connectivity index (χ2v) is 7.00. The van der Waals surface area contributed by atoms with Crippen molar-refractivity contribution in [1.29, 1.82) is 0 Å². The van der Waals surface area contributed by atoms with Gasteiger partial charge >= 0.3 is 5.97 Å².